The average molecular weight is 435 g/mol. The lowest BCUT2D eigenvalue weighted by Crippen LogP contribution is -2.04. The van der Waals surface area contributed by atoms with Gasteiger partial charge in [-0.1, -0.05) is 48.8 Å². The van der Waals surface area contributed by atoms with Crippen molar-refractivity contribution in [3.63, 3.8) is 0 Å². The molecule has 0 bridgehead atoms. The summed E-state index contributed by atoms with van der Waals surface area (Å²) in [5, 5.41) is 11.8. The third kappa shape index (κ3) is 3.40. The largest absolute Gasteiger partial charge is 0.481 e. The topological polar surface area (TPSA) is 55.1 Å². The molecular weight excluding hydrogens is 415 g/mol. The number of fused-ring (bicyclic) bond motifs is 3. The highest BCUT2D eigenvalue weighted by Gasteiger charge is 2.33. The third-order valence-electron chi connectivity index (χ3n) is 5.23. The zero-order valence-corrected chi connectivity index (χ0v) is 17.9. The maximum absolute atomic E-state index is 11.5. The summed E-state index contributed by atoms with van der Waals surface area (Å²) < 4.78 is 2.24. The number of aromatic nitrogens is 2. The standard InChI is InChI=1S/C21H20Cl2N2O2S/c1-11(2)14-9-24-10-16-19(14)21(28-17-4-3-13(22)8-15(17)23)20-12(7-18(26)27)5-6-25(16)20/h3-4,8-12H,5-7H2,1-2H3,(H,26,27). The number of aliphatic carboxylic acids is 1. The molecule has 1 aliphatic heterocycles. The number of carboxylic acid groups (broad SMARTS) is 1. The Labute approximate surface area is 177 Å². The Kier molecular flexibility index (Phi) is 5.34. The Bertz CT molecular complexity index is 1080. The Hall–Kier alpha value is -1.69. The Morgan fingerprint density at radius 2 is 2.14 bits per heavy atom. The molecule has 0 radical (unpaired) electrons. The van der Waals surface area contributed by atoms with E-state index in [2.05, 4.69) is 23.4 Å². The first kappa shape index (κ1) is 19.6. The third-order valence-corrected chi connectivity index (χ3v) is 7.09. The first-order valence-electron chi connectivity index (χ1n) is 9.21. The van der Waals surface area contributed by atoms with E-state index in [1.807, 2.05) is 24.5 Å². The number of pyridine rings is 1. The lowest BCUT2D eigenvalue weighted by Gasteiger charge is -2.13. The molecule has 0 fully saturated rings. The van der Waals surface area contributed by atoms with Gasteiger partial charge in [0.2, 0.25) is 0 Å². The highest BCUT2D eigenvalue weighted by molar-refractivity contribution is 7.99. The fraction of sp³-hybridized carbons (Fsp3) is 0.333. The van der Waals surface area contributed by atoms with Crippen molar-refractivity contribution in [3.8, 4) is 0 Å². The number of carbonyl (C=O) groups is 1. The quantitative estimate of drug-likeness (QED) is 0.492. The normalized spacial score (nSPS) is 16.1. The molecule has 0 saturated carbocycles. The van der Waals surface area contributed by atoms with Crippen molar-refractivity contribution in [1.29, 1.82) is 0 Å². The molecule has 0 aliphatic carbocycles. The van der Waals surface area contributed by atoms with Crippen molar-refractivity contribution < 1.29 is 9.90 Å². The summed E-state index contributed by atoms with van der Waals surface area (Å²) in [7, 11) is 0. The molecule has 0 spiro atoms. The van der Waals surface area contributed by atoms with E-state index < -0.39 is 5.97 Å². The second-order valence-electron chi connectivity index (χ2n) is 7.40. The highest BCUT2D eigenvalue weighted by Crippen LogP contribution is 2.49. The van der Waals surface area contributed by atoms with Gasteiger partial charge in [-0.25, -0.2) is 0 Å². The maximum atomic E-state index is 11.5. The lowest BCUT2D eigenvalue weighted by atomic mass is 9.97. The van der Waals surface area contributed by atoms with Crippen molar-refractivity contribution in [3.05, 3.63) is 51.9 Å². The fourth-order valence-corrected chi connectivity index (χ4v) is 5.73. The van der Waals surface area contributed by atoms with Gasteiger partial charge in [0, 0.05) is 44.6 Å². The van der Waals surface area contributed by atoms with Crippen LogP contribution in [0.3, 0.4) is 0 Å². The van der Waals surface area contributed by atoms with Gasteiger partial charge in [0.25, 0.3) is 0 Å². The summed E-state index contributed by atoms with van der Waals surface area (Å²) in [4.78, 5) is 17.9. The minimum Gasteiger partial charge on any atom is -0.481 e. The van der Waals surface area contributed by atoms with Gasteiger partial charge in [-0.15, -0.1) is 0 Å². The van der Waals surface area contributed by atoms with E-state index in [0.717, 1.165) is 39.4 Å². The summed E-state index contributed by atoms with van der Waals surface area (Å²) in [6, 6.07) is 5.49. The minimum absolute atomic E-state index is 0.0153. The maximum Gasteiger partial charge on any atom is 0.304 e. The number of benzene rings is 1. The van der Waals surface area contributed by atoms with Crippen LogP contribution in [0.2, 0.25) is 10.0 Å². The molecule has 1 aliphatic rings. The van der Waals surface area contributed by atoms with Crippen LogP contribution in [0.25, 0.3) is 10.9 Å². The van der Waals surface area contributed by atoms with Gasteiger partial charge < -0.3 is 9.67 Å². The first-order chi connectivity index (χ1) is 13.4. The van der Waals surface area contributed by atoms with Gasteiger partial charge in [0.05, 0.1) is 23.2 Å². The summed E-state index contributed by atoms with van der Waals surface area (Å²) in [5.41, 5.74) is 3.33. The van der Waals surface area contributed by atoms with E-state index in [4.69, 9.17) is 23.2 Å². The Morgan fingerprint density at radius 3 is 2.82 bits per heavy atom. The summed E-state index contributed by atoms with van der Waals surface area (Å²) in [6.07, 6.45) is 4.76. The minimum atomic E-state index is -0.772. The molecule has 1 atom stereocenters. The number of rotatable bonds is 5. The smallest absolute Gasteiger partial charge is 0.304 e. The second-order valence-corrected chi connectivity index (χ2v) is 9.30. The van der Waals surface area contributed by atoms with Crippen LogP contribution in [0, 0.1) is 0 Å². The Morgan fingerprint density at radius 1 is 1.36 bits per heavy atom. The lowest BCUT2D eigenvalue weighted by molar-refractivity contribution is -0.137. The van der Waals surface area contributed by atoms with Crippen molar-refractivity contribution in [1.82, 2.24) is 9.55 Å². The van der Waals surface area contributed by atoms with Crippen LogP contribution in [0.1, 0.15) is 49.8 Å². The van der Waals surface area contributed by atoms with Gasteiger partial charge in [0.15, 0.2) is 0 Å². The number of carboxylic acids is 1. The number of halogens is 2. The van der Waals surface area contributed by atoms with Crippen LogP contribution in [0.4, 0.5) is 0 Å². The van der Waals surface area contributed by atoms with Gasteiger partial charge >= 0.3 is 5.97 Å². The van der Waals surface area contributed by atoms with E-state index in [-0.39, 0.29) is 12.3 Å². The van der Waals surface area contributed by atoms with E-state index in [0.29, 0.717) is 16.0 Å². The molecule has 4 rings (SSSR count). The van der Waals surface area contributed by atoms with Crippen molar-refractivity contribution in [2.75, 3.05) is 0 Å². The van der Waals surface area contributed by atoms with Gasteiger partial charge in [-0.05, 0) is 36.1 Å². The molecule has 1 aromatic carbocycles. The molecule has 3 aromatic rings. The molecule has 0 amide bonds. The zero-order chi connectivity index (χ0) is 20.0. The molecule has 4 nitrogen and oxygen atoms in total. The molecule has 28 heavy (non-hydrogen) atoms. The molecule has 3 heterocycles. The van der Waals surface area contributed by atoms with Crippen LogP contribution in [-0.2, 0) is 11.3 Å². The van der Waals surface area contributed by atoms with E-state index in [1.54, 1.807) is 17.8 Å². The monoisotopic (exact) mass is 434 g/mol. The fourth-order valence-electron chi connectivity index (χ4n) is 3.98. The van der Waals surface area contributed by atoms with Crippen molar-refractivity contribution in [2.24, 2.45) is 0 Å². The predicted octanol–water partition coefficient (Wildman–Crippen LogP) is 6.58. The van der Waals surface area contributed by atoms with Crippen molar-refractivity contribution in [2.45, 2.75) is 54.9 Å². The zero-order valence-electron chi connectivity index (χ0n) is 15.6. The summed E-state index contributed by atoms with van der Waals surface area (Å²) in [5.74, 6) is -0.484. The molecular formula is C21H20Cl2N2O2S. The molecule has 2 aromatic heterocycles. The van der Waals surface area contributed by atoms with Crippen LogP contribution in [0.15, 0.2) is 40.4 Å². The van der Waals surface area contributed by atoms with Crippen LogP contribution in [0.5, 0.6) is 0 Å². The molecule has 0 saturated heterocycles. The van der Waals surface area contributed by atoms with Gasteiger partial charge in [-0.3, -0.25) is 9.78 Å². The SMILES string of the molecule is CC(C)c1cncc2c1c(Sc1ccc(Cl)cc1Cl)c1n2CCC1CC(=O)O. The number of hydrogen-bond donors (Lipinski definition) is 1. The predicted molar refractivity (Wildman–Crippen MR) is 114 cm³/mol. The summed E-state index contributed by atoms with van der Waals surface area (Å²) in [6.45, 7) is 5.11. The highest BCUT2D eigenvalue weighted by atomic mass is 35.5. The van der Waals surface area contributed by atoms with Gasteiger partial charge in [-0.2, -0.15) is 0 Å². The number of aryl methyl sites for hydroxylation is 1. The van der Waals surface area contributed by atoms with Crippen molar-refractivity contribution >= 4 is 51.8 Å². The Balaban J connectivity index is 1.95. The van der Waals surface area contributed by atoms with Crippen LogP contribution < -0.4 is 0 Å². The second kappa shape index (κ2) is 7.62. The van der Waals surface area contributed by atoms with E-state index in [1.165, 1.54) is 5.56 Å². The van der Waals surface area contributed by atoms with E-state index >= 15 is 0 Å². The van der Waals surface area contributed by atoms with E-state index in [9.17, 15) is 9.90 Å². The average Bonchev–Trinajstić information content (AvgIpc) is 3.16. The molecule has 1 unspecified atom stereocenters. The molecule has 7 heteroatoms. The summed E-state index contributed by atoms with van der Waals surface area (Å²) >= 11 is 14.1. The molecule has 146 valence electrons. The van der Waals surface area contributed by atoms with Crippen LogP contribution in [-0.4, -0.2) is 20.6 Å². The van der Waals surface area contributed by atoms with Crippen LogP contribution >= 0.6 is 35.0 Å². The number of nitrogens with zero attached hydrogens (tertiary/aromatic N) is 2. The molecule has 1 N–H and O–H groups in total. The first-order valence-corrected chi connectivity index (χ1v) is 10.8. The van der Waals surface area contributed by atoms with Gasteiger partial charge in [0.1, 0.15) is 0 Å². The number of hydrogen-bond acceptors (Lipinski definition) is 3.